The minimum atomic E-state index is -1.04. The lowest BCUT2D eigenvalue weighted by atomic mass is 10.1. The molecule has 0 aliphatic heterocycles. The molecule has 0 spiro atoms. The topological polar surface area (TPSA) is 78.9 Å². The maximum atomic E-state index is 11.2. The van der Waals surface area contributed by atoms with Crippen LogP contribution in [0.4, 0.5) is 0 Å². The SMILES string of the molecule is N#Cc1ccc(Cl)c(-n2cnc3c(C(=O)O)cccc32)c1. The van der Waals surface area contributed by atoms with Crippen molar-refractivity contribution in [3.63, 3.8) is 0 Å². The van der Waals surface area contributed by atoms with Crippen molar-refractivity contribution in [1.82, 2.24) is 9.55 Å². The van der Waals surface area contributed by atoms with Crippen LogP contribution in [0.25, 0.3) is 16.7 Å². The second-order valence-electron chi connectivity index (χ2n) is 4.37. The van der Waals surface area contributed by atoms with Gasteiger partial charge in [0.25, 0.3) is 0 Å². The summed E-state index contributed by atoms with van der Waals surface area (Å²) in [4.78, 5) is 15.4. The summed E-state index contributed by atoms with van der Waals surface area (Å²) < 4.78 is 1.67. The van der Waals surface area contributed by atoms with Crippen LogP contribution in [-0.2, 0) is 0 Å². The van der Waals surface area contributed by atoms with Crippen LogP contribution < -0.4 is 0 Å². The molecule has 2 aromatic carbocycles. The number of nitriles is 1. The van der Waals surface area contributed by atoms with Crippen LogP contribution >= 0.6 is 11.6 Å². The number of nitrogens with zero attached hydrogens (tertiary/aromatic N) is 3. The second kappa shape index (κ2) is 4.93. The molecule has 0 saturated heterocycles. The average molecular weight is 298 g/mol. The van der Waals surface area contributed by atoms with Crippen LogP contribution in [0, 0.1) is 11.3 Å². The molecular weight excluding hydrogens is 290 g/mol. The quantitative estimate of drug-likeness (QED) is 0.787. The molecule has 1 heterocycles. The second-order valence-corrected chi connectivity index (χ2v) is 4.78. The van der Waals surface area contributed by atoms with Gasteiger partial charge in [-0.1, -0.05) is 17.7 Å². The number of aromatic carboxylic acids is 1. The van der Waals surface area contributed by atoms with Crippen LogP contribution in [0.1, 0.15) is 15.9 Å². The lowest BCUT2D eigenvalue weighted by Gasteiger charge is -2.07. The molecule has 0 aliphatic carbocycles. The van der Waals surface area contributed by atoms with Gasteiger partial charge in [-0.15, -0.1) is 0 Å². The number of fused-ring (bicyclic) bond motifs is 1. The number of aromatic nitrogens is 2. The van der Waals surface area contributed by atoms with Gasteiger partial charge in [0.05, 0.1) is 33.4 Å². The van der Waals surface area contributed by atoms with E-state index in [2.05, 4.69) is 4.98 Å². The van der Waals surface area contributed by atoms with Crippen LogP contribution in [0.3, 0.4) is 0 Å². The lowest BCUT2D eigenvalue weighted by molar-refractivity contribution is 0.0699. The van der Waals surface area contributed by atoms with Crippen LogP contribution in [0.5, 0.6) is 0 Å². The third kappa shape index (κ3) is 2.12. The highest BCUT2D eigenvalue weighted by Crippen LogP contribution is 2.26. The van der Waals surface area contributed by atoms with E-state index in [-0.39, 0.29) is 5.56 Å². The third-order valence-corrected chi connectivity index (χ3v) is 3.46. The number of imidazole rings is 1. The zero-order valence-corrected chi connectivity index (χ0v) is 11.4. The molecule has 0 atom stereocenters. The van der Waals surface area contributed by atoms with Crippen LogP contribution in [0.2, 0.25) is 5.02 Å². The summed E-state index contributed by atoms with van der Waals surface area (Å²) in [5.41, 5.74) is 2.17. The minimum Gasteiger partial charge on any atom is -0.478 e. The number of benzene rings is 2. The summed E-state index contributed by atoms with van der Waals surface area (Å²) in [6.07, 6.45) is 1.50. The predicted molar refractivity (Wildman–Crippen MR) is 77.8 cm³/mol. The van der Waals surface area contributed by atoms with Crippen molar-refractivity contribution < 1.29 is 9.90 Å². The van der Waals surface area contributed by atoms with Crippen LogP contribution in [0.15, 0.2) is 42.7 Å². The molecule has 0 fully saturated rings. The largest absolute Gasteiger partial charge is 0.478 e. The van der Waals surface area contributed by atoms with Gasteiger partial charge in [0.2, 0.25) is 0 Å². The fraction of sp³-hybridized carbons (Fsp3) is 0. The number of halogens is 1. The molecule has 21 heavy (non-hydrogen) atoms. The zero-order valence-electron chi connectivity index (χ0n) is 10.6. The number of para-hydroxylation sites is 1. The number of carbonyl (C=O) groups is 1. The maximum absolute atomic E-state index is 11.2. The van der Waals surface area contributed by atoms with Gasteiger partial charge in [-0.2, -0.15) is 5.26 Å². The summed E-state index contributed by atoms with van der Waals surface area (Å²) in [6, 6.07) is 11.8. The van der Waals surface area contributed by atoms with E-state index in [1.54, 1.807) is 34.9 Å². The molecule has 102 valence electrons. The Bertz CT molecular complexity index is 909. The number of hydrogen-bond donors (Lipinski definition) is 1. The Labute approximate surface area is 124 Å². The van der Waals surface area contributed by atoms with Gasteiger partial charge in [0, 0.05) is 0 Å². The van der Waals surface area contributed by atoms with Gasteiger partial charge >= 0.3 is 5.97 Å². The predicted octanol–water partition coefficient (Wildman–Crippen LogP) is 3.25. The summed E-state index contributed by atoms with van der Waals surface area (Å²) in [5.74, 6) is -1.04. The maximum Gasteiger partial charge on any atom is 0.337 e. The van der Waals surface area contributed by atoms with Crippen molar-refractivity contribution in [2.45, 2.75) is 0 Å². The molecule has 0 amide bonds. The van der Waals surface area contributed by atoms with E-state index in [0.29, 0.717) is 27.3 Å². The fourth-order valence-electron chi connectivity index (χ4n) is 2.17. The molecule has 5 nitrogen and oxygen atoms in total. The van der Waals surface area contributed by atoms with E-state index in [4.69, 9.17) is 16.9 Å². The van der Waals surface area contributed by atoms with Crippen molar-refractivity contribution in [3.05, 3.63) is 58.9 Å². The van der Waals surface area contributed by atoms with Crippen molar-refractivity contribution in [1.29, 1.82) is 5.26 Å². The molecule has 1 aromatic heterocycles. The highest BCUT2D eigenvalue weighted by Gasteiger charge is 2.14. The Balaban J connectivity index is 2.30. The fourth-order valence-corrected chi connectivity index (χ4v) is 2.38. The van der Waals surface area contributed by atoms with Gasteiger partial charge in [0.1, 0.15) is 11.8 Å². The van der Waals surface area contributed by atoms with E-state index in [1.165, 1.54) is 12.4 Å². The molecule has 3 aromatic rings. The highest BCUT2D eigenvalue weighted by molar-refractivity contribution is 6.32. The summed E-state index contributed by atoms with van der Waals surface area (Å²) in [7, 11) is 0. The lowest BCUT2D eigenvalue weighted by Crippen LogP contribution is -1.98. The normalized spacial score (nSPS) is 10.5. The first-order chi connectivity index (χ1) is 10.1. The standard InChI is InChI=1S/C15H8ClN3O2/c16-11-5-4-9(7-17)6-13(11)19-8-18-14-10(15(20)21)2-1-3-12(14)19/h1-6,8H,(H,20,21). The van der Waals surface area contributed by atoms with Crippen molar-refractivity contribution in [2.24, 2.45) is 0 Å². The molecule has 0 saturated carbocycles. The van der Waals surface area contributed by atoms with Gasteiger partial charge < -0.3 is 5.11 Å². The van der Waals surface area contributed by atoms with Gasteiger partial charge in [-0.05, 0) is 30.3 Å². The summed E-state index contributed by atoms with van der Waals surface area (Å²) >= 11 is 6.17. The van der Waals surface area contributed by atoms with E-state index in [0.717, 1.165) is 0 Å². The van der Waals surface area contributed by atoms with Crippen molar-refractivity contribution in [2.75, 3.05) is 0 Å². The molecule has 0 aliphatic rings. The van der Waals surface area contributed by atoms with E-state index in [9.17, 15) is 9.90 Å². The number of carboxylic acids is 1. The number of hydrogen-bond acceptors (Lipinski definition) is 3. The van der Waals surface area contributed by atoms with Gasteiger partial charge in [-0.25, -0.2) is 9.78 Å². The Morgan fingerprint density at radius 1 is 1.33 bits per heavy atom. The Morgan fingerprint density at radius 2 is 2.14 bits per heavy atom. The van der Waals surface area contributed by atoms with E-state index < -0.39 is 5.97 Å². The van der Waals surface area contributed by atoms with Gasteiger partial charge in [-0.3, -0.25) is 4.57 Å². The van der Waals surface area contributed by atoms with Gasteiger partial charge in [0.15, 0.2) is 0 Å². The molecule has 0 radical (unpaired) electrons. The third-order valence-electron chi connectivity index (χ3n) is 3.14. The Morgan fingerprint density at radius 3 is 2.86 bits per heavy atom. The molecule has 6 heteroatoms. The average Bonchev–Trinajstić information content (AvgIpc) is 2.91. The van der Waals surface area contributed by atoms with E-state index in [1.807, 2.05) is 6.07 Å². The smallest absolute Gasteiger partial charge is 0.337 e. The molecule has 1 N–H and O–H groups in total. The molecule has 0 bridgehead atoms. The molecular formula is C15H8ClN3O2. The van der Waals surface area contributed by atoms with E-state index >= 15 is 0 Å². The van der Waals surface area contributed by atoms with Crippen LogP contribution in [-0.4, -0.2) is 20.6 Å². The monoisotopic (exact) mass is 297 g/mol. The summed E-state index contributed by atoms with van der Waals surface area (Å²) in [5, 5.41) is 18.6. The number of carboxylic acid groups (broad SMARTS) is 1. The first kappa shape index (κ1) is 13.2. The first-order valence-electron chi connectivity index (χ1n) is 6.01. The minimum absolute atomic E-state index is 0.124. The Hall–Kier alpha value is -2.84. The Kier molecular flexibility index (Phi) is 3.09. The first-order valence-corrected chi connectivity index (χ1v) is 6.39. The van der Waals surface area contributed by atoms with Crippen molar-refractivity contribution >= 4 is 28.6 Å². The highest BCUT2D eigenvalue weighted by atomic mass is 35.5. The zero-order chi connectivity index (χ0) is 15.0. The van der Waals surface area contributed by atoms with Crippen molar-refractivity contribution in [3.8, 4) is 11.8 Å². The molecule has 3 rings (SSSR count). The molecule has 0 unspecified atom stereocenters. The summed E-state index contributed by atoms with van der Waals surface area (Å²) in [6.45, 7) is 0. The number of rotatable bonds is 2.